The summed E-state index contributed by atoms with van der Waals surface area (Å²) >= 11 is 8.71. The lowest BCUT2D eigenvalue weighted by Gasteiger charge is -2.04. The summed E-state index contributed by atoms with van der Waals surface area (Å²) in [5.74, 6) is 0.467. The minimum Gasteiger partial charge on any atom is -0.497 e. The van der Waals surface area contributed by atoms with Crippen LogP contribution >= 0.6 is 34.3 Å². The Balaban J connectivity index is 0.000000494. The van der Waals surface area contributed by atoms with E-state index in [4.69, 9.17) is 21.3 Å². The van der Waals surface area contributed by atoms with Gasteiger partial charge in [0.25, 0.3) is 5.91 Å². The van der Waals surface area contributed by atoms with Gasteiger partial charge in [0, 0.05) is 10.6 Å². The van der Waals surface area contributed by atoms with E-state index in [-0.39, 0.29) is 5.91 Å². The predicted octanol–water partition coefficient (Wildman–Crippen LogP) is 8.54. The molecule has 0 fully saturated rings. The summed E-state index contributed by atoms with van der Waals surface area (Å²) in [6.45, 7) is 0. The van der Waals surface area contributed by atoms with Crippen molar-refractivity contribution in [3.8, 4) is 22.4 Å². The Bertz CT molecular complexity index is 1510. The Hall–Kier alpha value is -4.22. The summed E-state index contributed by atoms with van der Waals surface area (Å²) in [5.41, 5.74) is 2.38. The quantitative estimate of drug-likeness (QED) is 0.213. The molecule has 5 rings (SSSR count). The smallest absolute Gasteiger partial charge is 0.256 e. The Kier molecular flexibility index (Phi) is 9.43. The lowest BCUT2D eigenvalue weighted by atomic mass is 10.1. The number of halogens is 1. The average Bonchev–Trinajstić information content (AvgIpc) is 3.64. The number of rotatable bonds is 6. The van der Waals surface area contributed by atoms with Crippen molar-refractivity contribution in [2.75, 3.05) is 12.4 Å². The van der Waals surface area contributed by atoms with Crippen LogP contribution in [0.3, 0.4) is 0 Å². The maximum Gasteiger partial charge on any atom is 0.256 e. The van der Waals surface area contributed by atoms with Crippen molar-refractivity contribution in [1.29, 1.82) is 5.26 Å². The van der Waals surface area contributed by atoms with Crippen LogP contribution in [0.1, 0.15) is 20.9 Å². The zero-order chi connectivity index (χ0) is 26.7. The Morgan fingerprint density at radius 2 is 1.63 bits per heavy atom. The van der Waals surface area contributed by atoms with Crippen LogP contribution in [0.4, 0.5) is 5.00 Å². The molecule has 5 aromatic rings. The second-order valence-corrected chi connectivity index (χ2v) is 10.1. The fourth-order valence-electron chi connectivity index (χ4n) is 3.27. The molecule has 38 heavy (non-hydrogen) atoms. The molecule has 0 spiro atoms. The van der Waals surface area contributed by atoms with Crippen LogP contribution in [0.5, 0.6) is 5.75 Å². The number of aromatic nitrogens is 1. The highest BCUT2D eigenvalue weighted by atomic mass is 35.5. The van der Waals surface area contributed by atoms with Gasteiger partial charge in [-0.2, -0.15) is 5.26 Å². The maximum atomic E-state index is 12.8. The van der Waals surface area contributed by atoms with Crippen molar-refractivity contribution < 1.29 is 9.53 Å². The number of ether oxygens (including phenoxy) is 1. The van der Waals surface area contributed by atoms with Crippen LogP contribution in [0.2, 0.25) is 5.02 Å². The predicted molar refractivity (Wildman–Crippen MR) is 158 cm³/mol. The zero-order valence-electron chi connectivity index (χ0n) is 20.3. The number of carbonyl (C=O) groups excluding carboxylic acids is 1. The van der Waals surface area contributed by atoms with Crippen molar-refractivity contribution >= 4 is 56.8 Å². The Morgan fingerprint density at radius 3 is 2.18 bits per heavy atom. The van der Waals surface area contributed by atoms with Gasteiger partial charge >= 0.3 is 0 Å². The minimum atomic E-state index is -0.271. The standard InChI is InChI=1S/C24H16ClN3O2S2.C6H6/c1-30-19-10-4-15(5-11-19)13-17(14-26)23-27-21(20-3-2-12-31-20)24(32-23)28-22(29)16-6-8-18(25)9-7-16;1-2-4-6-5-3-1/h2-13H,1H3,(H,28,29);1-6H/b17-13-;. The van der Waals surface area contributed by atoms with Gasteiger partial charge in [0.05, 0.1) is 17.6 Å². The normalized spacial score (nSPS) is 10.6. The molecule has 0 aliphatic rings. The third kappa shape index (κ3) is 7.17. The maximum absolute atomic E-state index is 12.8. The summed E-state index contributed by atoms with van der Waals surface area (Å²) in [5, 5.41) is 16.3. The van der Waals surface area contributed by atoms with E-state index >= 15 is 0 Å². The summed E-state index contributed by atoms with van der Waals surface area (Å²) in [7, 11) is 1.60. The first-order chi connectivity index (χ1) is 18.6. The van der Waals surface area contributed by atoms with Gasteiger partial charge in [-0.1, -0.05) is 77.5 Å². The highest BCUT2D eigenvalue weighted by Gasteiger charge is 2.19. The molecule has 0 unspecified atom stereocenters. The van der Waals surface area contributed by atoms with Gasteiger partial charge in [-0.25, -0.2) is 4.98 Å². The molecule has 0 saturated heterocycles. The Labute approximate surface area is 234 Å². The monoisotopic (exact) mass is 555 g/mol. The van der Waals surface area contributed by atoms with Crippen molar-refractivity contribution in [2.45, 2.75) is 0 Å². The summed E-state index contributed by atoms with van der Waals surface area (Å²) in [6, 6.07) is 32.1. The van der Waals surface area contributed by atoms with Gasteiger partial charge in [-0.3, -0.25) is 4.79 Å². The molecule has 188 valence electrons. The number of hydrogen-bond donors (Lipinski definition) is 1. The number of anilines is 1. The fourth-order valence-corrected chi connectivity index (χ4v) is 5.12. The van der Waals surface area contributed by atoms with Crippen LogP contribution in [-0.2, 0) is 0 Å². The molecular weight excluding hydrogens is 534 g/mol. The van der Waals surface area contributed by atoms with E-state index in [0.717, 1.165) is 16.2 Å². The molecule has 2 aromatic heterocycles. The van der Waals surface area contributed by atoms with Gasteiger partial charge in [0.15, 0.2) is 0 Å². The molecule has 0 saturated carbocycles. The topological polar surface area (TPSA) is 75.0 Å². The first-order valence-electron chi connectivity index (χ1n) is 11.4. The molecule has 1 amide bonds. The molecule has 5 nitrogen and oxygen atoms in total. The summed E-state index contributed by atoms with van der Waals surface area (Å²) < 4.78 is 5.18. The van der Waals surface area contributed by atoms with Crippen molar-refractivity contribution in [3.63, 3.8) is 0 Å². The second-order valence-electron chi connectivity index (χ2n) is 7.73. The van der Waals surface area contributed by atoms with E-state index in [1.54, 1.807) is 37.5 Å². The largest absolute Gasteiger partial charge is 0.497 e. The first-order valence-corrected chi connectivity index (χ1v) is 13.5. The number of benzene rings is 3. The van der Waals surface area contributed by atoms with Crippen LogP contribution in [-0.4, -0.2) is 18.0 Å². The third-order valence-electron chi connectivity index (χ3n) is 5.16. The van der Waals surface area contributed by atoms with Crippen molar-refractivity contribution in [3.05, 3.63) is 124 Å². The molecule has 0 atom stereocenters. The van der Waals surface area contributed by atoms with Gasteiger partial charge in [0.2, 0.25) is 0 Å². The fraction of sp³-hybridized carbons (Fsp3) is 0.0333. The first kappa shape index (κ1) is 26.8. The molecule has 2 heterocycles. The van der Waals surface area contributed by atoms with Crippen molar-refractivity contribution in [2.24, 2.45) is 0 Å². The molecule has 3 aromatic carbocycles. The van der Waals surface area contributed by atoms with Gasteiger partial charge in [-0.05, 0) is 59.5 Å². The number of carbonyl (C=O) groups is 1. The van der Waals surface area contributed by atoms with E-state index in [1.165, 1.54) is 22.7 Å². The van der Waals surface area contributed by atoms with Gasteiger partial charge in [0.1, 0.15) is 27.5 Å². The van der Waals surface area contributed by atoms with E-state index in [0.29, 0.717) is 31.9 Å². The highest BCUT2D eigenvalue weighted by molar-refractivity contribution is 7.19. The number of nitrogens with zero attached hydrogens (tertiary/aromatic N) is 2. The number of nitriles is 1. The van der Waals surface area contributed by atoms with Gasteiger partial charge in [-0.15, -0.1) is 11.3 Å². The van der Waals surface area contributed by atoms with E-state index in [9.17, 15) is 10.1 Å². The molecule has 0 aliphatic heterocycles. The number of thiophene rings is 1. The number of allylic oxidation sites excluding steroid dienone is 1. The third-order valence-corrected chi connectivity index (χ3v) is 7.29. The molecule has 0 bridgehead atoms. The second kappa shape index (κ2) is 13.4. The summed E-state index contributed by atoms with van der Waals surface area (Å²) in [6.07, 6.45) is 1.77. The number of nitrogens with one attached hydrogen (secondary N) is 1. The van der Waals surface area contributed by atoms with Crippen LogP contribution < -0.4 is 10.1 Å². The van der Waals surface area contributed by atoms with Crippen LogP contribution in [0.15, 0.2) is 102 Å². The van der Waals surface area contributed by atoms with Crippen molar-refractivity contribution in [1.82, 2.24) is 4.98 Å². The molecule has 0 aliphatic carbocycles. The lowest BCUT2D eigenvalue weighted by Crippen LogP contribution is -2.11. The van der Waals surface area contributed by atoms with Crippen LogP contribution in [0.25, 0.3) is 22.2 Å². The molecule has 8 heteroatoms. The number of thiazole rings is 1. The number of methoxy groups -OCH3 is 1. The summed E-state index contributed by atoms with van der Waals surface area (Å²) in [4.78, 5) is 18.4. The molecular formula is C30H22ClN3O2S2. The number of hydrogen-bond acceptors (Lipinski definition) is 6. The number of amides is 1. The van der Waals surface area contributed by atoms with E-state index in [2.05, 4.69) is 11.4 Å². The highest BCUT2D eigenvalue weighted by Crippen LogP contribution is 2.38. The average molecular weight is 556 g/mol. The molecule has 0 radical (unpaired) electrons. The minimum absolute atomic E-state index is 0.271. The van der Waals surface area contributed by atoms with E-state index < -0.39 is 0 Å². The van der Waals surface area contributed by atoms with Crippen LogP contribution in [0, 0.1) is 11.3 Å². The SMILES string of the molecule is COc1ccc(/C=C(/C#N)c2nc(-c3cccs3)c(NC(=O)c3ccc(Cl)cc3)s2)cc1.c1ccccc1. The lowest BCUT2D eigenvalue weighted by molar-refractivity contribution is 0.102. The molecule has 1 N–H and O–H groups in total. The van der Waals surface area contributed by atoms with E-state index in [1.807, 2.05) is 78.2 Å². The Morgan fingerprint density at radius 1 is 0.974 bits per heavy atom. The van der Waals surface area contributed by atoms with Gasteiger partial charge < -0.3 is 10.1 Å². The zero-order valence-corrected chi connectivity index (χ0v) is 22.7.